The molecule has 1 spiro atoms. The van der Waals surface area contributed by atoms with Gasteiger partial charge in [-0.1, -0.05) is 26.7 Å². The van der Waals surface area contributed by atoms with E-state index in [0.717, 1.165) is 12.5 Å². The highest BCUT2D eigenvalue weighted by Crippen LogP contribution is 2.43. The molecule has 0 amide bonds. The summed E-state index contributed by atoms with van der Waals surface area (Å²) in [7, 11) is 0. The lowest BCUT2D eigenvalue weighted by atomic mass is 9.79. The third-order valence-electron chi connectivity index (χ3n) is 4.88. The van der Waals surface area contributed by atoms with Crippen molar-refractivity contribution < 1.29 is 4.74 Å². The topological polar surface area (TPSA) is 47.3 Å². The van der Waals surface area contributed by atoms with Gasteiger partial charge >= 0.3 is 0 Å². The molecule has 0 aromatic carbocycles. The van der Waals surface area contributed by atoms with E-state index in [0.29, 0.717) is 12.0 Å². The van der Waals surface area contributed by atoms with Crippen LogP contribution < -0.4 is 11.3 Å². The maximum Gasteiger partial charge on any atom is 0.0685 e. The van der Waals surface area contributed by atoms with E-state index in [9.17, 15) is 0 Å². The molecule has 0 bridgehead atoms. The van der Waals surface area contributed by atoms with Gasteiger partial charge in [-0.05, 0) is 50.4 Å². The molecular weight excluding hydrogens is 224 g/mol. The number of hydrogen-bond donors (Lipinski definition) is 2. The second-order valence-electron chi connectivity index (χ2n) is 6.74. The molecule has 1 saturated carbocycles. The molecule has 0 radical (unpaired) electrons. The van der Waals surface area contributed by atoms with Crippen LogP contribution in [0.4, 0.5) is 0 Å². The van der Waals surface area contributed by atoms with Crippen molar-refractivity contribution >= 4 is 0 Å². The van der Waals surface area contributed by atoms with Gasteiger partial charge in [0.25, 0.3) is 0 Å². The van der Waals surface area contributed by atoms with Crippen LogP contribution in [-0.2, 0) is 4.74 Å². The van der Waals surface area contributed by atoms with Gasteiger partial charge in [0, 0.05) is 12.6 Å². The summed E-state index contributed by atoms with van der Waals surface area (Å²) in [5.74, 6) is 7.26. The molecule has 1 saturated heterocycles. The first-order chi connectivity index (χ1) is 8.65. The molecule has 1 aliphatic carbocycles. The molecule has 2 fully saturated rings. The van der Waals surface area contributed by atoms with Crippen LogP contribution in [0.15, 0.2) is 0 Å². The van der Waals surface area contributed by atoms with Gasteiger partial charge < -0.3 is 4.74 Å². The van der Waals surface area contributed by atoms with E-state index in [-0.39, 0.29) is 5.60 Å². The van der Waals surface area contributed by atoms with Crippen LogP contribution in [0.25, 0.3) is 0 Å². The van der Waals surface area contributed by atoms with Crippen molar-refractivity contribution in [3.05, 3.63) is 0 Å². The van der Waals surface area contributed by atoms with Crippen molar-refractivity contribution in [3.63, 3.8) is 0 Å². The SMILES string of the molecule is CC(C)CCC(NN)C1CCOC2(CCCC2)C1. The van der Waals surface area contributed by atoms with Crippen LogP contribution >= 0.6 is 0 Å². The normalized spacial score (nSPS) is 29.0. The first-order valence-electron chi connectivity index (χ1n) is 7.75. The van der Waals surface area contributed by atoms with Gasteiger partial charge in [-0.2, -0.15) is 0 Å². The zero-order valence-electron chi connectivity index (χ0n) is 12.1. The fourth-order valence-electron chi connectivity index (χ4n) is 3.74. The van der Waals surface area contributed by atoms with Gasteiger partial charge in [-0.15, -0.1) is 0 Å². The highest BCUT2D eigenvalue weighted by molar-refractivity contribution is 4.94. The summed E-state index contributed by atoms with van der Waals surface area (Å²) in [5, 5.41) is 0. The van der Waals surface area contributed by atoms with Gasteiger partial charge in [0.05, 0.1) is 5.60 Å². The predicted molar refractivity (Wildman–Crippen MR) is 75.1 cm³/mol. The summed E-state index contributed by atoms with van der Waals surface area (Å²) >= 11 is 0. The average Bonchev–Trinajstić information content (AvgIpc) is 2.78. The molecular formula is C15H30N2O. The van der Waals surface area contributed by atoms with Crippen molar-refractivity contribution in [2.45, 2.75) is 76.9 Å². The molecule has 3 heteroatoms. The second-order valence-corrected chi connectivity index (χ2v) is 6.74. The molecule has 18 heavy (non-hydrogen) atoms. The minimum atomic E-state index is 0.218. The van der Waals surface area contributed by atoms with Crippen LogP contribution in [0.2, 0.25) is 0 Å². The third-order valence-corrected chi connectivity index (χ3v) is 4.88. The monoisotopic (exact) mass is 254 g/mol. The van der Waals surface area contributed by atoms with Gasteiger partial charge in [0.15, 0.2) is 0 Å². The first-order valence-corrected chi connectivity index (χ1v) is 7.75. The molecule has 2 aliphatic rings. The van der Waals surface area contributed by atoms with Gasteiger partial charge in [0.1, 0.15) is 0 Å². The second kappa shape index (κ2) is 6.36. The number of hydrazine groups is 1. The van der Waals surface area contributed by atoms with E-state index in [2.05, 4.69) is 19.3 Å². The minimum Gasteiger partial charge on any atom is -0.375 e. The van der Waals surface area contributed by atoms with Crippen molar-refractivity contribution in [2.24, 2.45) is 17.7 Å². The minimum absolute atomic E-state index is 0.218. The lowest BCUT2D eigenvalue weighted by Crippen LogP contribution is -2.48. The van der Waals surface area contributed by atoms with Crippen LogP contribution in [0.5, 0.6) is 0 Å². The van der Waals surface area contributed by atoms with Crippen molar-refractivity contribution in [1.82, 2.24) is 5.43 Å². The zero-order chi connectivity index (χ0) is 13.0. The van der Waals surface area contributed by atoms with Crippen molar-refractivity contribution in [1.29, 1.82) is 0 Å². The Morgan fingerprint density at radius 1 is 1.28 bits per heavy atom. The Morgan fingerprint density at radius 3 is 2.61 bits per heavy atom. The summed E-state index contributed by atoms with van der Waals surface area (Å²) in [6.45, 7) is 5.51. The summed E-state index contributed by atoms with van der Waals surface area (Å²) in [6, 6.07) is 0.480. The molecule has 1 aliphatic heterocycles. The quantitative estimate of drug-likeness (QED) is 0.585. The average molecular weight is 254 g/mol. The van der Waals surface area contributed by atoms with Crippen LogP contribution in [0.1, 0.15) is 65.2 Å². The van der Waals surface area contributed by atoms with Crippen LogP contribution in [0, 0.1) is 11.8 Å². The molecule has 0 aromatic heterocycles. The Balaban J connectivity index is 1.89. The van der Waals surface area contributed by atoms with E-state index in [1.165, 1.54) is 51.4 Å². The predicted octanol–water partition coefficient (Wildman–Crippen LogP) is 2.99. The van der Waals surface area contributed by atoms with E-state index >= 15 is 0 Å². The molecule has 2 unspecified atom stereocenters. The third kappa shape index (κ3) is 3.46. The van der Waals surface area contributed by atoms with Crippen molar-refractivity contribution in [2.75, 3.05) is 6.61 Å². The van der Waals surface area contributed by atoms with E-state index < -0.39 is 0 Å². The van der Waals surface area contributed by atoms with Crippen LogP contribution in [0.3, 0.4) is 0 Å². The summed E-state index contributed by atoms with van der Waals surface area (Å²) in [5.41, 5.74) is 3.30. The lowest BCUT2D eigenvalue weighted by Gasteiger charge is -2.41. The molecule has 2 rings (SSSR count). The molecule has 0 aromatic rings. The lowest BCUT2D eigenvalue weighted by molar-refractivity contribution is -0.0984. The molecule has 3 N–H and O–H groups in total. The molecule has 3 nitrogen and oxygen atoms in total. The van der Waals surface area contributed by atoms with Gasteiger partial charge in [0.2, 0.25) is 0 Å². The Labute approximate surface area is 112 Å². The maximum atomic E-state index is 6.11. The number of rotatable bonds is 5. The summed E-state index contributed by atoms with van der Waals surface area (Å²) in [6.07, 6.45) is 10.1. The fraction of sp³-hybridized carbons (Fsp3) is 1.00. The number of nitrogens with one attached hydrogen (secondary N) is 1. The summed E-state index contributed by atoms with van der Waals surface area (Å²) in [4.78, 5) is 0. The summed E-state index contributed by atoms with van der Waals surface area (Å²) < 4.78 is 6.11. The Morgan fingerprint density at radius 2 is 2.00 bits per heavy atom. The van der Waals surface area contributed by atoms with E-state index in [4.69, 9.17) is 10.6 Å². The number of ether oxygens (including phenoxy) is 1. The Kier molecular flexibility index (Phi) is 5.05. The van der Waals surface area contributed by atoms with Crippen molar-refractivity contribution in [3.8, 4) is 0 Å². The van der Waals surface area contributed by atoms with Crippen LogP contribution in [-0.4, -0.2) is 18.2 Å². The Bertz CT molecular complexity index is 249. The highest BCUT2D eigenvalue weighted by atomic mass is 16.5. The van der Waals surface area contributed by atoms with E-state index in [1.807, 2.05) is 0 Å². The highest BCUT2D eigenvalue weighted by Gasteiger charge is 2.41. The smallest absolute Gasteiger partial charge is 0.0685 e. The largest absolute Gasteiger partial charge is 0.375 e. The van der Waals surface area contributed by atoms with Gasteiger partial charge in [-0.25, -0.2) is 0 Å². The van der Waals surface area contributed by atoms with E-state index in [1.54, 1.807) is 0 Å². The zero-order valence-corrected chi connectivity index (χ0v) is 12.1. The maximum absolute atomic E-state index is 6.11. The van der Waals surface area contributed by atoms with Gasteiger partial charge in [-0.3, -0.25) is 11.3 Å². The number of nitrogens with two attached hydrogens (primary N) is 1. The molecule has 106 valence electrons. The standard InChI is InChI=1S/C15H30N2O/c1-12(2)5-6-14(17-16)13-7-10-18-15(11-13)8-3-4-9-15/h12-14,17H,3-11,16H2,1-2H3. The first kappa shape index (κ1) is 14.3. The molecule has 2 atom stereocenters. The Hall–Kier alpha value is -0.120. The number of hydrogen-bond acceptors (Lipinski definition) is 3. The molecule has 1 heterocycles. The fourth-order valence-corrected chi connectivity index (χ4v) is 3.74.